The number of benzene rings is 1. The van der Waals surface area contributed by atoms with Crippen molar-refractivity contribution in [2.45, 2.75) is 31.4 Å². The van der Waals surface area contributed by atoms with E-state index in [1.54, 1.807) is 12.3 Å². The number of ether oxygens (including phenoxy) is 2. The van der Waals surface area contributed by atoms with Crippen LogP contribution >= 0.6 is 0 Å². The fourth-order valence-electron chi connectivity index (χ4n) is 3.53. The maximum atomic E-state index is 14.2. The summed E-state index contributed by atoms with van der Waals surface area (Å²) in [6, 6.07) is 6.50. The van der Waals surface area contributed by atoms with E-state index in [4.69, 9.17) is 15.0 Å². The van der Waals surface area contributed by atoms with Gasteiger partial charge in [0.1, 0.15) is 11.9 Å². The first kappa shape index (κ1) is 15.9. The lowest BCUT2D eigenvalue weighted by atomic mass is 9.97. The van der Waals surface area contributed by atoms with Crippen molar-refractivity contribution in [1.82, 2.24) is 4.98 Å². The van der Waals surface area contributed by atoms with Crippen LogP contribution in [-0.2, 0) is 11.2 Å². The van der Waals surface area contributed by atoms with Gasteiger partial charge in [0.25, 0.3) is 0 Å². The third-order valence-electron chi connectivity index (χ3n) is 4.72. The van der Waals surface area contributed by atoms with E-state index in [0.29, 0.717) is 30.9 Å². The molecular formula is C18H17FN4O2. The van der Waals surface area contributed by atoms with E-state index >= 15 is 0 Å². The standard InChI is InChI=1S/C18H17FN4O2/c19-15-4-2-13(14-3-5-16(18(14)15)22-23-20)11-1-6-17(21-9-11)25-12-7-8-24-10-12/h1-2,4,6,9,12,16H,3,5,7-8,10H2/t12-,16?/m1/s1. The molecule has 2 aliphatic rings. The van der Waals surface area contributed by atoms with Gasteiger partial charge in [-0.15, -0.1) is 0 Å². The lowest BCUT2D eigenvalue weighted by Gasteiger charge is -2.13. The fraction of sp³-hybridized carbons (Fsp3) is 0.389. The zero-order valence-corrected chi connectivity index (χ0v) is 13.6. The molecule has 0 bridgehead atoms. The highest BCUT2D eigenvalue weighted by Gasteiger charge is 2.28. The average Bonchev–Trinajstić information content (AvgIpc) is 3.27. The minimum Gasteiger partial charge on any atom is -0.472 e. The normalized spacial score (nSPS) is 21.6. The van der Waals surface area contributed by atoms with Gasteiger partial charge in [-0.1, -0.05) is 11.2 Å². The number of pyridine rings is 1. The van der Waals surface area contributed by atoms with Crippen LogP contribution in [0.1, 0.15) is 30.0 Å². The van der Waals surface area contributed by atoms with Gasteiger partial charge in [-0.05, 0) is 41.6 Å². The number of aromatic nitrogens is 1. The Morgan fingerprint density at radius 3 is 2.92 bits per heavy atom. The summed E-state index contributed by atoms with van der Waals surface area (Å²) >= 11 is 0. The predicted octanol–water partition coefficient (Wildman–Crippen LogP) is 4.35. The Labute approximate surface area is 144 Å². The van der Waals surface area contributed by atoms with Crippen LogP contribution in [0.15, 0.2) is 35.6 Å². The molecule has 0 radical (unpaired) electrons. The van der Waals surface area contributed by atoms with Crippen molar-refractivity contribution in [2.75, 3.05) is 13.2 Å². The quantitative estimate of drug-likeness (QED) is 0.471. The summed E-state index contributed by atoms with van der Waals surface area (Å²) in [7, 11) is 0. The van der Waals surface area contributed by atoms with Crippen molar-refractivity contribution >= 4 is 0 Å². The number of azide groups is 1. The van der Waals surface area contributed by atoms with Crippen molar-refractivity contribution in [1.29, 1.82) is 0 Å². The van der Waals surface area contributed by atoms with Gasteiger partial charge in [0.15, 0.2) is 0 Å². The molecule has 128 valence electrons. The molecule has 1 unspecified atom stereocenters. The molecule has 1 fully saturated rings. The molecular weight excluding hydrogens is 323 g/mol. The fourth-order valence-corrected chi connectivity index (χ4v) is 3.53. The number of fused-ring (bicyclic) bond motifs is 1. The van der Waals surface area contributed by atoms with Gasteiger partial charge in [-0.25, -0.2) is 9.37 Å². The molecule has 1 aliphatic heterocycles. The third kappa shape index (κ3) is 3.04. The lowest BCUT2D eigenvalue weighted by Crippen LogP contribution is -2.16. The van der Waals surface area contributed by atoms with E-state index < -0.39 is 6.04 Å². The monoisotopic (exact) mass is 340 g/mol. The van der Waals surface area contributed by atoms with E-state index in [-0.39, 0.29) is 11.9 Å². The van der Waals surface area contributed by atoms with Gasteiger partial charge >= 0.3 is 0 Å². The van der Waals surface area contributed by atoms with Crippen LogP contribution in [0.25, 0.3) is 21.6 Å². The Hall–Kier alpha value is -2.63. The lowest BCUT2D eigenvalue weighted by molar-refractivity contribution is 0.138. The van der Waals surface area contributed by atoms with Crippen LogP contribution in [0.5, 0.6) is 5.88 Å². The largest absolute Gasteiger partial charge is 0.472 e. The molecule has 6 nitrogen and oxygen atoms in total. The molecule has 0 spiro atoms. The van der Waals surface area contributed by atoms with Crippen LogP contribution in [0.2, 0.25) is 0 Å². The third-order valence-corrected chi connectivity index (χ3v) is 4.72. The van der Waals surface area contributed by atoms with E-state index in [2.05, 4.69) is 15.0 Å². The molecule has 1 aromatic carbocycles. The van der Waals surface area contributed by atoms with Crippen molar-refractivity contribution in [3.8, 4) is 17.0 Å². The molecule has 1 saturated heterocycles. The maximum absolute atomic E-state index is 14.2. The second-order valence-corrected chi connectivity index (χ2v) is 6.24. The van der Waals surface area contributed by atoms with E-state index in [9.17, 15) is 4.39 Å². The SMILES string of the molecule is [N-]=[N+]=NC1CCc2c(-c3ccc(O[C@@H]4CCOC4)nc3)ccc(F)c21. The maximum Gasteiger partial charge on any atom is 0.213 e. The zero-order chi connectivity index (χ0) is 17.2. The molecule has 0 N–H and O–H groups in total. The number of nitrogens with zero attached hydrogens (tertiary/aromatic N) is 4. The molecule has 1 aromatic heterocycles. The summed E-state index contributed by atoms with van der Waals surface area (Å²) < 4.78 is 25.3. The second-order valence-electron chi connectivity index (χ2n) is 6.24. The van der Waals surface area contributed by atoms with Gasteiger partial charge in [0.2, 0.25) is 5.88 Å². The van der Waals surface area contributed by atoms with Crippen LogP contribution in [0.4, 0.5) is 4.39 Å². The van der Waals surface area contributed by atoms with E-state index in [1.165, 1.54) is 6.07 Å². The molecule has 0 amide bonds. The molecule has 2 heterocycles. The smallest absolute Gasteiger partial charge is 0.213 e. The van der Waals surface area contributed by atoms with E-state index in [1.807, 2.05) is 12.1 Å². The van der Waals surface area contributed by atoms with Gasteiger partial charge < -0.3 is 9.47 Å². The summed E-state index contributed by atoms with van der Waals surface area (Å²) in [6.45, 7) is 1.31. The van der Waals surface area contributed by atoms with E-state index in [0.717, 1.165) is 29.7 Å². The van der Waals surface area contributed by atoms with Gasteiger partial charge in [-0.2, -0.15) is 0 Å². The molecule has 25 heavy (non-hydrogen) atoms. The number of halogens is 1. The molecule has 0 saturated carbocycles. The second kappa shape index (κ2) is 6.70. The van der Waals surface area contributed by atoms with Crippen molar-refractivity contribution in [3.05, 3.63) is 57.8 Å². The van der Waals surface area contributed by atoms with Gasteiger partial charge in [0.05, 0.1) is 19.3 Å². The van der Waals surface area contributed by atoms with Crippen LogP contribution in [0.3, 0.4) is 0 Å². The minimum atomic E-state index is -0.433. The van der Waals surface area contributed by atoms with Gasteiger partial charge in [-0.3, -0.25) is 0 Å². The topological polar surface area (TPSA) is 80.1 Å². The van der Waals surface area contributed by atoms with Crippen molar-refractivity contribution in [3.63, 3.8) is 0 Å². The molecule has 1 aliphatic carbocycles. The highest BCUT2D eigenvalue weighted by Crippen LogP contribution is 2.41. The Kier molecular flexibility index (Phi) is 4.26. The Bertz CT molecular complexity index is 828. The van der Waals surface area contributed by atoms with Crippen molar-refractivity contribution in [2.24, 2.45) is 5.11 Å². The first-order chi connectivity index (χ1) is 12.3. The molecule has 4 rings (SSSR count). The number of hydrogen-bond donors (Lipinski definition) is 0. The average molecular weight is 340 g/mol. The molecule has 7 heteroatoms. The summed E-state index contributed by atoms with van der Waals surface area (Å²) in [6.07, 6.45) is 3.97. The first-order valence-electron chi connectivity index (χ1n) is 8.32. The summed E-state index contributed by atoms with van der Waals surface area (Å²) in [5, 5.41) is 3.73. The Morgan fingerprint density at radius 2 is 2.20 bits per heavy atom. The Morgan fingerprint density at radius 1 is 1.28 bits per heavy atom. The Balaban J connectivity index is 1.63. The molecule has 2 atom stereocenters. The predicted molar refractivity (Wildman–Crippen MR) is 89.7 cm³/mol. The highest BCUT2D eigenvalue weighted by molar-refractivity contribution is 5.69. The molecule has 2 aromatic rings. The minimum absolute atomic E-state index is 0.0537. The number of hydrogen-bond acceptors (Lipinski definition) is 4. The summed E-state index contributed by atoms with van der Waals surface area (Å²) in [4.78, 5) is 7.21. The van der Waals surface area contributed by atoms with Crippen LogP contribution in [-0.4, -0.2) is 24.3 Å². The van der Waals surface area contributed by atoms with Crippen molar-refractivity contribution < 1.29 is 13.9 Å². The number of rotatable bonds is 4. The van der Waals surface area contributed by atoms with Crippen LogP contribution in [0, 0.1) is 5.82 Å². The van der Waals surface area contributed by atoms with Gasteiger partial charge in [0, 0.05) is 34.7 Å². The van der Waals surface area contributed by atoms with Crippen LogP contribution < -0.4 is 4.74 Å². The first-order valence-corrected chi connectivity index (χ1v) is 8.32. The highest BCUT2D eigenvalue weighted by atomic mass is 19.1. The summed E-state index contributed by atoms with van der Waals surface area (Å²) in [5.74, 6) is 0.243. The summed E-state index contributed by atoms with van der Waals surface area (Å²) in [5.41, 5.74) is 11.9. The zero-order valence-electron chi connectivity index (χ0n) is 13.6.